The maximum absolute atomic E-state index is 11.9. The van der Waals surface area contributed by atoms with Gasteiger partial charge < -0.3 is 10.1 Å². The van der Waals surface area contributed by atoms with Gasteiger partial charge in [0.25, 0.3) is 5.91 Å². The van der Waals surface area contributed by atoms with Crippen molar-refractivity contribution in [3.05, 3.63) is 54.0 Å². The summed E-state index contributed by atoms with van der Waals surface area (Å²) in [5.74, 6) is 0.162. The lowest BCUT2D eigenvalue weighted by Crippen LogP contribution is -2.23. The van der Waals surface area contributed by atoms with Gasteiger partial charge >= 0.3 is 0 Å². The Kier molecular flexibility index (Phi) is 4.44. The number of aromatic nitrogens is 2. The molecule has 1 aromatic carbocycles. The van der Waals surface area contributed by atoms with E-state index < -0.39 is 0 Å². The zero-order chi connectivity index (χ0) is 13.5. The SMILES string of the molecule is CCOc1cc(C(=O)NCc2ccccc2)ncn1. The van der Waals surface area contributed by atoms with Gasteiger partial charge in [-0.05, 0) is 12.5 Å². The van der Waals surface area contributed by atoms with E-state index in [9.17, 15) is 4.79 Å². The molecule has 0 unspecified atom stereocenters. The highest BCUT2D eigenvalue weighted by Crippen LogP contribution is 2.07. The summed E-state index contributed by atoms with van der Waals surface area (Å²) < 4.78 is 5.23. The first-order valence-electron chi connectivity index (χ1n) is 6.06. The second-order valence-electron chi connectivity index (χ2n) is 3.84. The van der Waals surface area contributed by atoms with Gasteiger partial charge in [-0.25, -0.2) is 9.97 Å². The highest BCUT2D eigenvalue weighted by Gasteiger charge is 2.08. The summed E-state index contributed by atoms with van der Waals surface area (Å²) in [6.07, 6.45) is 1.32. The minimum atomic E-state index is -0.243. The minimum Gasteiger partial charge on any atom is -0.478 e. The van der Waals surface area contributed by atoms with Gasteiger partial charge in [-0.3, -0.25) is 4.79 Å². The van der Waals surface area contributed by atoms with E-state index in [-0.39, 0.29) is 5.91 Å². The summed E-state index contributed by atoms with van der Waals surface area (Å²) in [6.45, 7) is 2.83. The van der Waals surface area contributed by atoms with Gasteiger partial charge in [0.2, 0.25) is 5.88 Å². The van der Waals surface area contributed by atoms with E-state index in [0.29, 0.717) is 24.7 Å². The van der Waals surface area contributed by atoms with Crippen molar-refractivity contribution in [3.63, 3.8) is 0 Å². The molecule has 5 heteroatoms. The van der Waals surface area contributed by atoms with Crippen LogP contribution >= 0.6 is 0 Å². The third-order valence-corrected chi connectivity index (χ3v) is 2.46. The van der Waals surface area contributed by atoms with Crippen LogP contribution in [-0.2, 0) is 6.54 Å². The third kappa shape index (κ3) is 3.77. The van der Waals surface area contributed by atoms with Crippen molar-refractivity contribution in [2.75, 3.05) is 6.61 Å². The highest BCUT2D eigenvalue weighted by molar-refractivity contribution is 5.92. The molecular formula is C14H15N3O2. The molecule has 19 heavy (non-hydrogen) atoms. The predicted octanol–water partition coefficient (Wildman–Crippen LogP) is 1.81. The zero-order valence-corrected chi connectivity index (χ0v) is 10.7. The van der Waals surface area contributed by atoms with Crippen LogP contribution < -0.4 is 10.1 Å². The van der Waals surface area contributed by atoms with Crippen LogP contribution in [0, 0.1) is 0 Å². The van der Waals surface area contributed by atoms with E-state index in [0.717, 1.165) is 5.56 Å². The molecule has 0 radical (unpaired) electrons. The number of benzene rings is 1. The van der Waals surface area contributed by atoms with Gasteiger partial charge in [0, 0.05) is 12.6 Å². The number of nitrogens with zero attached hydrogens (tertiary/aromatic N) is 2. The first-order valence-corrected chi connectivity index (χ1v) is 6.06. The molecule has 1 heterocycles. The fourth-order valence-corrected chi connectivity index (χ4v) is 1.56. The number of hydrogen-bond acceptors (Lipinski definition) is 4. The van der Waals surface area contributed by atoms with Crippen LogP contribution in [0.1, 0.15) is 23.0 Å². The van der Waals surface area contributed by atoms with Gasteiger partial charge in [-0.15, -0.1) is 0 Å². The van der Waals surface area contributed by atoms with Crippen molar-refractivity contribution in [2.24, 2.45) is 0 Å². The number of rotatable bonds is 5. The van der Waals surface area contributed by atoms with Crippen molar-refractivity contribution >= 4 is 5.91 Å². The van der Waals surface area contributed by atoms with Crippen LogP contribution in [0.5, 0.6) is 5.88 Å². The van der Waals surface area contributed by atoms with Crippen LogP contribution in [0.15, 0.2) is 42.7 Å². The number of carbonyl (C=O) groups is 1. The highest BCUT2D eigenvalue weighted by atomic mass is 16.5. The van der Waals surface area contributed by atoms with Crippen LogP contribution in [0.25, 0.3) is 0 Å². The Morgan fingerprint density at radius 3 is 2.79 bits per heavy atom. The van der Waals surface area contributed by atoms with Gasteiger partial charge in [-0.2, -0.15) is 0 Å². The summed E-state index contributed by atoms with van der Waals surface area (Å²) in [5.41, 5.74) is 1.34. The molecule has 1 amide bonds. The van der Waals surface area contributed by atoms with E-state index >= 15 is 0 Å². The van der Waals surface area contributed by atoms with Gasteiger partial charge in [0.15, 0.2) is 0 Å². The smallest absolute Gasteiger partial charge is 0.270 e. The van der Waals surface area contributed by atoms with Crippen LogP contribution in [0.3, 0.4) is 0 Å². The lowest BCUT2D eigenvalue weighted by Gasteiger charge is -2.06. The molecule has 5 nitrogen and oxygen atoms in total. The van der Waals surface area contributed by atoms with E-state index in [1.807, 2.05) is 37.3 Å². The summed E-state index contributed by atoms with van der Waals surface area (Å²) >= 11 is 0. The van der Waals surface area contributed by atoms with Crippen LogP contribution in [0.4, 0.5) is 0 Å². The lowest BCUT2D eigenvalue weighted by molar-refractivity contribution is 0.0945. The van der Waals surface area contributed by atoms with Gasteiger partial charge in [-0.1, -0.05) is 30.3 Å². The standard InChI is InChI=1S/C14H15N3O2/c1-2-19-13-8-12(16-10-17-13)14(18)15-9-11-6-4-3-5-7-11/h3-8,10H,2,9H2,1H3,(H,15,18). The predicted molar refractivity (Wildman–Crippen MR) is 70.8 cm³/mol. The second kappa shape index (κ2) is 6.49. The zero-order valence-electron chi connectivity index (χ0n) is 10.7. The van der Waals surface area contributed by atoms with Gasteiger partial charge in [0.05, 0.1) is 6.61 Å². The molecule has 0 aliphatic rings. The minimum absolute atomic E-state index is 0.243. The number of amides is 1. The topological polar surface area (TPSA) is 64.1 Å². The molecule has 1 aromatic heterocycles. The van der Waals surface area contributed by atoms with Crippen LogP contribution in [-0.4, -0.2) is 22.5 Å². The Hall–Kier alpha value is -2.43. The molecule has 98 valence electrons. The maximum Gasteiger partial charge on any atom is 0.270 e. The van der Waals surface area contributed by atoms with E-state index in [1.165, 1.54) is 12.4 Å². The van der Waals surface area contributed by atoms with Crippen LogP contribution in [0.2, 0.25) is 0 Å². The monoisotopic (exact) mass is 257 g/mol. The average Bonchev–Trinajstić information content (AvgIpc) is 2.46. The summed E-state index contributed by atoms with van der Waals surface area (Å²) in [4.78, 5) is 19.8. The molecule has 0 saturated carbocycles. The Balaban J connectivity index is 1.98. The largest absolute Gasteiger partial charge is 0.478 e. The molecule has 0 aliphatic heterocycles. The van der Waals surface area contributed by atoms with Crippen molar-refractivity contribution in [2.45, 2.75) is 13.5 Å². The molecule has 0 saturated heterocycles. The summed E-state index contributed by atoms with van der Waals surface area (Å²) in [5, 5.41) is 2.80. The van der Waals surface area contributed by atoms with E-state index in [1.54, 1.807) is 0 Å². The number of hydrogen-bond donors (Lipinski definition) is 1. The molecule has 0 bridgehead atoms. The molecule has 2 aromatic rings. The second-order valence-corrected chi connectivity index (χ2v) is 3.84. The Labute approximate surface area is 111 Å². The van der Waals surface area contributed by atoms with E-state index in [2.05, 4.69) is 15.3 Å². The molecule has 1 N–H and O–H groups in total. The van der Waals surface area contributed by atoms with Crippen molar-refractivity contribution in [3.8, 4) is 5.88 Å². The lowest BCUT2D eigenvalue weighted by atomic mass is 10.2. The average molecular weight is 257 g/mol. The van der Waals surface area contributed by atoms with Gasteiger partial charge in [0.1, 0.15) is 12.0 Å². The first-order chi connectivity index (χ1) is 9.29. The molecule has 0 fully saturated rings. The number of ether oxygens (including phenoxy) is 1. The Morgan fingerprint density at radius 2 is 2.05 bits per heavy atom. The Bertz CT molecular complexity index is 543. The molecule has 0 atom stereocenters. The van der Waals surface area contributed by atoms with Crippen molar-refractivity contribution < 1.29 is 9.53 Å². The van der Waals surface area contributed by atoms with Crippen molar-refractivity contribution in [1.82, 2.24) is 15.3 Å². The molecule has 0 spiro atoms. The molecule has 0 aliphatic carbocycles. The fourth-order valence-electron chi connectivity index (χ4n) is 1.56. The van der Waals surface area contributed by atoms with Crippen molar-refractivity contribution in [1.29, 1.82) is 0 Å². The molecule has 2 rings (SSSR count). The van der Waals surface area contributed by atoms with E-state index in [4.69, 9.17) is 4.74 Å². The normalized spacial score (nSPS) is 9.95. The fraction of sp³-hybridized carbons (Fsp3) is 0.214. The summed E-state index contributed by atoms with van der Waals surface area (Å²) in [6, 6.07) is 11.2. The maximum atomic E-state index is 11.9. The Morgan fingerprint density at radius 1 is 1.26 bits per heavy atom. The third-order valence-electron chi connectivity index (χ3n) is 2.46. The summed E-state index contributed by atoms with van der Waals surface area (Å²) in [7, 11) is 0. The molecular weight excluding hydrogens is 242 g/mol. The first kappa shape index (κ1) is 13.0. The number of nitrogens with one attached hydrogen (secondary N) is 1. The quantitative estimate of drug-likeness (QED) is 0.887. The number of carbonyl (C=O) groups excluding carboxylic acids is 1.